The minimum atomic E-state index is -1.50. The first kappa shape index (κ1) is 90.1. The quantitative estimate of drug-likeness (QED) is 0.0509. The molecule has 0 radical (unpaired) electrons. The maximum absolute atomic E-state index is 9.76. The van der Waals surface area contributed by atoms with Gasteiger partial charge < -0.3 is 87.7 Å². The van der Waals surface area contributed by atoms with Gasteiger partial charge in [-0.05, 0) is 177 Å². The van der Waals surface area contributed by atoms with Crippen LogP contribution >= 0.6 is 0 Å². The second-order valence-electron chi connectivity index (χ2n) is 34.3. The van der Waals surface area contributed by atoms with Crippen LogP contribution in [0.1, 0.15) is 0 Å². The lowest BCUT2D eigenvalue weighted by Crippen LogP contribution is -2.31. The van der Waals surface area contributed by atoms with Gasteiger partial charge in [0.1, 0.15) is 0 Å². The predicted octanol–water partition coefficient (Wildman–Crippen LogP) is 17.1. The fraction of sp³-hybridized carbons (Fsp3) is 0. The Morgan fingerprint density at radius 1 is 0.136 bits per heavy atom. The van der Waals surface area contributed by atoms with Crippen molar-refractivity contribution in [3.8, 4) is 34.1 Å². The van der Waals surface area contributed by atoms with E-state index >= 15 is 0 Å². The first-order valence-corrected chi connectivity index (χ1v) is 46.0. The van der Waals surface area contributed by atoms with Crippen LogP contribution in [0, 0.1) is 0 Å². The summed E-state index contributed by atoms with van der Waals surface area (Å²) >= 11 is 0. The monoisotopic (exact) mass is 1820 g/mol. The van der Waals surface area contributed by atoms with E-state index in [0.717, 1.165) is 170 Å². The number of para-hydroxylation sites is 11. The van der Waals surface area contributed by atoms with E-state index in [9.17, 15) is 60.3 Å². The van der Waals surface area contributed by atoms with Gasteiger partial charge in [0, 0.05) is 110 Å². The van der Waals surface area contributed by atoms with Gasteiger partial charge in [0.25, 0.3) is 0 Å². The van der Waals surface area contributed by atoms with E-state index in [1.165, 1.54) is 16.2 Å². The van der Waals surface area contributed by atoms with Crippen LogP contribution < -0.4 is 32.8 Å². The van der Waals surface area contributed by atoms with E-state index in [1.807, 2.05) is 291 Å². The van der Waals surface area contributed by atoms with E-state index < -0.39 is 42.7 Å². The Kier molecular flexibility index (Phi) is 25.1. The third kappa shape index (κ3) is 16.9. The van der Waals surface area contributed by atoms with Crippen LogP contribution in [0.5, 0.6) is 0 Å². The zero-order valence-electron chi connectivity index (χ0n) is 75.4. The van der Waals surface area contributed by atoms with Crippen molar-refractivity contribution < 1.29 is 60.3 Å². The molecule has 6 aromatic heterocycles. The topological polar surface area (TPSA) is 272 Å². The Labute approximate surface area is 805 Å². The van der Waals surface area contributed by atoms with Crippen molar-refractivity contribution in [2.45, 2.75) is 0 Å². The number of nitrogens with zero attached hydrogens (tertiary/aromatic N) is 6. The second-order valence-corrected chi connectivity index (χ2v) is 34.3. The lowest BCUT2D eigenvalue weighted by Gasteiger charge is -2.10. The van der Waals surface area contributed by atoms with Gasteiger partial charge >= 0.3 is 42.7 Å². The molecule has 0 saturated carbocycles. The van der Waals surface area contributed by atoms with Crippen LogP contribution in [-0.2, 0) is 0 Å². The molecule has 0 amide bonds. The number of fused-ring (bicyclic) bond motifs is 22. The van der Waals surface area contributed by atoms with Gasteiger partial charge in [-0.2, -0.15) is 0 Å². The Morgan fingerprint density at radius 2 is 0.400 bits per heavy atom. The van der Waals surface area contributed by atoms with E-state index in [1.54, 1.807) is 36.4 Å². The Balaban J connectivity index is 0.0000000999. The lowest BCUT2D eigenvalue weighted by atomic mass is 9.77. The number of aromatic nitrogens is 6. The maximum atomic E-state index is 9.76. The highest BCUT2D eigenvalue weighted by Crippen LogP contribution is 2.41. The number of hydrogen-bond acceptors (Lipinski definition) is 12. The molecule has 140 heavy (non-hydrogen) atoms. The lowest BCUT2D eigenvalue weighted by molar-refractivity contribution is 0.424. The van der Waals surface area contributed by atoms with Gasteiger partial charge in [0.2, 0.25) is 0 Å². The van der Waals surface area contributed by atoms with Gasteiger partial charge in [-0.15, -0.1) is 0 Å². The summed E-state index contributed by atoms with van der Waals surface area (Å²) in [5.41, 5.74) is 21.8. The minimum Gasteiger partial charge on any atom is -0.423 e. The molecular weight excluding hydrogens is 1730 g/mol. The smallest absolute Gasteiger partial charge is 0.423 e. The van der Waals surface area contributed by atoms with Crippen LogP contribution in [0.3, 0.4) is 0 Å². The summed E-state index contributed by atoms with van der Waals surface area (Å²) in [6.45, 7) is 0. The van der Waals surface area contributed by atoms with Crippen molar-refractivity contribution in [2.75, 3.05) is 0 Å². The zero-order valence-corrected chi connectivity index (χ0v) is 75.4. The third-order valence-corrected chi connectivity index (χ3v) is 26.0. The average Bonchev–Trinajstić information content (AvgIpc) is 1.57. The van der Waals surface area contributed by atoms with Crippen LogP contribution in [0.25, 0.3) is 187 Å². The summed E-state index contributed by atoms with van der Waals surface area (Å²) in [4.78, 5) is 0. The molecule has 0 bridgehead atoms. The van der Waals surface area contributed by atoms with E-state index in [4.69, 9.17) is 0 Å². The molecule has 12 N–H and O–H groups in total. The summed E-state index contributed by atoms with van der Waals surface area (Å²) in [6.07, 6.45) is 0. The number of benzene rings is 20. The molecule has 26 rings (SSSR count). The van der Waals surface area contributed by atoms with E-state index in [-0.39, 0.29) is 0 Å². The van der Waals surface area contributed by atoms with Crippen LogP contribution in [0.15, 0.2) is 461 Å². The molecule has 0 aliphatic carbocycles. The molecule has 0 unspecified atom stereocenters. The molecule has 26 aromatic rings. The molecular formula is C116H88B6N6O12. The van der Waals surface area contributed by atoms with Gasteiger partial charge in [0.05, 0.1) is 66.2 Å². The fourth-order valence-electron chi connectivity index (χ4n) is 19.9. The van der Waals surface area contributed by atoms with Crippen molar-refractivity contribution in [1.82, 2.24) is 27.4 Å². The van der Waals surface area contributed by atoms with Crippen molar-refractivity contribution in [3.63, 3.8) is 0 Å². The molecule has 24 heteroatoms. The van der Waals surface area contributed by atoms with Crippen LogP contribution in [0.2, 0.25) is 0 Å². The van der Waals surface area contributed by atoms with Crippen LogP contribution in [0.4, 0.5) is 0 Å². The standard InChI is InChI=1S/2C22H16BNO2.4C18H14BNO2/c25-23(26)16-11-13-20-19(14-16)22-18-9-5-4-6-15(18)10-12-21(22)24(20)17-7-2-1-3-8-17;25-23(26)16-11-13-19-20-12-10-15-6-4-5-9-18(15)22(20)24(21(19)14-16)17-7-2-1-3-8-17;21-19(22)16-11-6-10-15-14-9-4-5-12-17(14)20(18(15)16)13-7-2-1-3-8-13;21-19(22)15-10-6-12-17-18(15)14-9-4-5-11-16(14)20(17)13-7-2-1-3-8-13;21-19(22)13-10-11-18-16(12-13)15-8-4-5-9-17(15)20(18)14-6-2-1-3-7-14;21-19(22)13-10-11-16-15-8-4-5-9-17(15)20(18(16)12-13)14-6-2-1-3-7-14/h2*1-14,25-26H;4*1-12,21-22H. The minimum absolute atomic E-state index is 0.488. The highest BCUT2D eigenvalue weighted by Gasteiger charge is 2.27. The molecule has 0 spiro atoms. The van der Waals surface area contributed by atoms with Gasteiger partial charge in [-0.25, -0.2) is 0 Å². The highest BCUT2D eigenvalue weighted by molar-refractivity contribution is 6.64. The Morgan fingerprint density at radius 3 is 0.879 bits per heavy atom. The Bertz CT molecular complexity index is 8990. The summed E-state index contributed by atoms with van der Waals surface area (Å²) in [5.74, 6) is 0. The largest absolute Gasteiger partial charge is 0.490 e. The molecule has 0 aliphatic heterocycles. The van der Waals surface area contributed by atoms with Crippen molar-refractivity contribution in [3.05, 3.63) is 461 Å². The molecule has 0 aliphatic rings. The summed E-state index contributed by atoms with van der Waals surface area (Å²) in [6, 6.07) is 152. The maximum Gasteiger partial charge on any atom is 0.490 e. The molecule has 20 aromatic carbocycles. The summed E-state index contributed by atoms with van der Waals surface area (Å²) < 4.78 is 13.0. The predicted molar refractivity (Wildman–Crippen MR) is 579 cm³/mol. The van der Waals surface area contributed by atoms with Gasteiger partial charge in [-0.3, -0.25) is 0 Å². The van der Waals surface area contributed by atoms with E-state index in [0.29, 0.717) is 32.8 Å². The zero-order chi connectivity index (χ0) is 95.8. The highest BCUT2D eigenvalue weighted by atomic mass is 16.4. The molecule has 672 valence electrons. The normalized spacial score (nSPS) is 11.3. The number of hydrogen-bond donors (Lipinski definition) is 12. The van der Waals surface area contributed by atoms with E-state index in [2.05, 4.69) is 161 Å². The molecule has 0 atom stereocenters. The third-order valence-electron chi connectivity index (χ3n) is 26.0. The van der Waals surface area contributed by atoms with Gasteiger partial charge in [-0.1, -0.05) is 328 Å². The molecule has 0 fully saturated rings. The molecule has 6 heterocycles. The molecule has 18 nitrogen and oxygen atoms in total. The molecule has 0 saturated heterocycles. The number of rotatable bonds is 12. The second kappa shape index (κ2) is 39.0. The summed E-state index contributed by atoms with van der Waals surface area (Å²) in [5, 5.41) is 133. The van der Waals surface area contributed by atoms with Crippen molar-refractivity contribution >= 4 is 228 Å². The average molecular weight is 1820 g/mol. The SMILES string of the molecule is OB(O)c1ccc2c(c1)c1c3ccccc3ccc1n2-c1ccccc1.OB(O)c1ccc2c(c1)c1ccccc1n2-c1ccccc1.OB(O)c1ccc2c3ccc4ccccc4c3n(-c3ccccc3)c2c1.OB(O)c1ccc2c3ccccc3n(-c3ccccc3)c2c1.OB(O)c1cccc2c1c1ccccc1n2-c1ccccc1.OB(O)c1cccc2c3ccccc3n(-c3ccccc3)c12. The van der Waals surface area contributed by atoms with Crippen LogP contribution in [-0.4, -0.2) is 130 Å². The fourth-order valence-corrected chi connectivity index (χ4v) is 19.9. The van der Waals surface area contributed by atoms with Gasteiger partial charge in [0.15, 0.2) is 0 Å². The first-order valence-electron chi connectivity index (χ1n) is 46.0. The van der Waals surface area contributed by atoms with Crippen molar-refractivity contribution in [1.29, 1.82) is 0 Å². The first-order chi connectivity index (χ1) is 68.5. The summed E-state index contributed by atoms with van der Waals surface area (Å²) in [7, 11) is -8.88. The van der Waals surface area contributed by atoms with Crippen molar-refractivity contribution in [2.24, 2.45) is 0 Å². The Hall–Kier alpha value is -16.4.